The van der Waals surface area contributed by atoms with Crippen molar-refractivity contribution in [3.63, 3.8) is 0 Å². The molecule has 5 nitrogen and oxygen atoms in total. The van der Waals surface area contributed by atoms with Crippen LogP contribution in [-0.2, 0) is 4.79 Å². The van der Waals surface area contributed by atoms with Crippen molar-refractivity contribution in [2.75, 3.05) is 40.3 Å². The van der Waals surface area contributed by atoms with Crippen LogP contribution in [0.2, 0.25) is 0 Å². The summed E-state index contributed by atoms with van der Waals surface area (Å²) in [7, 11) is 3.58. The van der Waals surface area contributed by atoms with Gasteiger partial charge in [-0.05, 0) is 30.7 Å². The topological polar surface area (TPSA) is 47.9 Å². The van der Waals surface area contributed by atoms with Crippen molar-refractivity contribution in [1.82, 2.24) is 15.1 Å². The van der Waals surface area contributed by atoms with Crippen molar-refractivity contribution >= 4 is 11.9 Å². The third kappa shape index (κ3) is 5.48. The van der Waals surface area contributed by atoms with E-state index in [4.69, 9.17) is 4.99 Å². The summed E-state index contributed by atoms with van der Waals surface area (Å²) in [5.41, 5.74) is 1.46. The molecular weight excluding hydrogens is 324 g/mol. The molecule has 0 bridgehead atoms. The minimum atomic E-state index is 0.124. The predicted octanol–water partition coefficient (Wildman–Crippen LogP) is 2.95. The van der Waals surface area contributed by atoms with Crippen molar-refractivity contribution < 1.29 is 4.79 Å². The van der Waals surface area contributed by atoms with Gasteiger partial charge in [-0.25, -0.2) is 0 Å². The average molecular weight is 359 g/mol. The molecule has 1 aliphatic heterocycles. The fourth-order valence-electron chi connectivity index (χ4n) is 3.68. The monoisotopic (exact) mass is 358 g/mol. The molecule has 2 atom stereocenters. The second-order valence-electron chi connectivity index (χ2n) is 7.19. The minimum Gasteiger partial charge on any atom is -0.357 e. The van der Waals surface area contributed by atoms with E-state index in [1.807, 2.05) is 0 Å². The van der Waals surface area contributed by atoms with Crippen LogP contribution in [0.15, 0.2) is 35.3 Å². The highest BCUT2D eigenvalue weighted by atomic mass is 16.2. The van der Waals surface area contributed by atoms with Gasteiger partial charge in [0.1, 0.15) is 0 Å². The molecule has 1 N–H and O–H groups in total. The first-order valence-corrected chi connectivity index (χ1v) is 9.85. The zero-order chi connectivity index (χ0) is 18.9. The summed E-state index contributed by atoms with van der Waals surface area (Å²) in [4.78, 5) is 20.5. The molecule has 1 aromatic carbocycles. The molecule has 0 saturated carbocycles. The zero-order valence-electron chi connectivity index (χ0n) is 16.7. The Kier molecular flexibility index (Phi) is 7.95. The normalized spacial score (nSPS) is 20.8. The molecule has 26 heavy (non-hydrogen) atoms. The van der Waals surface area contributed by atoms with E-state index in [2.05, 4.69) is 54.4 Å². The number of nitrogens with zero attached hydrogens (tertiary/aromatic N) is 3. The molecule has 0 aromatic heterocycles. The van der Waals surface area contributed by atoms with Gasteiger partial charge in [0, 0.05) is 40.2 Å². The molecule has 2 rings (SSSR count). The van der Waals surface area contributed by atoms with Gasteiger partial charge < -0.3 is 15.1 Å². The number of carbonyl (C=O) groups is 1. The number of rotatable bonds is 6. The maximum absolute atomic E-state index is 11.8. The number of nitrogens with one attached hydrogen (secondary N) is 1. The lowest BCUT2D eigenvalue weighted by Gasteiger charge is -2.40. The van der Waals surface area contributed by atoms with Crippen LogP contribution in [0, 0.1) is 5.92 Å². The molecule has 5 heteroatoms. The number of carbonyl (C=O) groups excluding carboxylic acids is 1. The number of amides is 1. The van der Waals surface area contributed by atoms with E-state index in [0.29, 0.717) is 24.8 Å². The highest BCUT2D eigenvalue weighted by molar-refractivity contribution is 5.81. The minimum absolute atomic E-state index is 0.124. The molecule has 1 amide bonds. The number of benzene rings is 1. The second-order valence-corrected chi connectivity index (χ2v) is 7.19. The van der Waals surface area contributed by atoms with Gasteiger partial charge in [-0.15, -0.1) is 0 Å². The fraction of sp³-hybridized carbons (Fsp3) is 0.619. The molecule has 1 aromatic rings. The largest absolute Gasteiger partial charge is 0.357 e. The Hall–Kier alpha value is -2.04. The summed E-state index contributed by atoms with van der Waals surface area (Å²) < 4.78 is 0. The number of hydrogen-bond acceptors (Lipinski definition) is 2. The fourth-order valence-corrected chi connectivity index (χ4v) is 3.68. The summed E-state index contributed by atoms with van der Waals surface area (Å²) in [6, 6.07) is 10.9. The van der Waals surface area contributed by atoms with Gasteiger partial charge in [-0.3, -0.25) is 9.79 Å². The third-order valence-corrected chi connectivity index (χ3v) is 5.21. The summed E-state index contributed by atoms with van der Waals surface area (Å²) in [5, 5.41) is 3.41. The van der Waals surface area contributed by atoms with E-state index in [9.17, 15) is 4.79 Å². The Morgan fingerprint density at radius 3 is 2.62 bits per heavy atom. The van der Waals surface area contributed by atoms with Crippen LogP contribution in [-0.4, -0.2) is 61.9 Å². The maximum Gasteiger partial charge on any atom is 0.223 e. The van der Waals surface area contributed by atoms with Crippen LogP contribution in [0.3, 0.4) is 0 Å². The first-order valence-electron chi connectivity index (χ1n) is 9.85. The molecule has 1 saturated heterocycles. The highest BCUT2D eigenvalue weighted by Crippen LogP contribution is 2.34. The van der Waals surface area contributed by atoms with E-state index < -0.39 is 0 Å². The molecule has 1 heterocycles. The van der Waals surface area contributed by atoms with Gasteiger partial charge in [-0.1, -0.05) is 43.7 Å². The molecule has 144 valence electrons. The Balaban J connectivity index is 2.03. The van der Waals surface area contributed by atoms with Crippen LogP contribution in [0.5, 0.6) is 0 Å². The number of guanidine groups is 1. The smallest absolute Gasteiger partial charge is 0.223 e. The van der Waals surface area contributed by atoms with E-state index in [-0.39, 0.29) is 5.91 Å². The predicted molar refractivity (Wildman–Crippen MR) is 108 cm³/mol. The van der Waals surface area contributed by atoms with Crippen molar-refractivity contribution in [2.24, 2.45) is 10.9 Å². The molecule has 1 aliphatic rings. The second kappa shape index (κ2) is 10.2. The quantitative estimate of drug-likeness (QED) is 0.628. The molecule has 2 unspecified atom stereocenters. The summed E-state index contributed by atoms with van der Waals surface area (Å²) in [6.07, 6.45) is 2.76. The number of aliphatic imine (C=N–C) groups is 1. The van der Waals surface area contributed by atoms with Gasteiger partial charge in [0.2, 0.25) is 5.91 Å². The van der Waals surface area contributed by atoms with Crippen molar-refractivity contribution in [3.8, 4) is 0 Å². The van der Waals surface area contributed by atoms with Crippen LogP contribution < -0.4 is 5.32 Å². The molecule has 0 radical (unpaired) electrons. The number of likely N-dealkylation sites (tertiary alicyclic amines) is 1. The van der Waals surface area contributed by atoms with Crippen molar-refractivity contribution in [2.45, 2.75) is 39.0 Å². The first-order chi connectivity index (χ1) is 12.6. The van der Waals surface area contributed by atoms with E-state index >= 15 is 0 Å². The Morgan fingerprint density at radius 2 is 2.00 bits per heavy atom. The van der Waals surface area contributed by atoms with Gasteiger partial charge in [-0.2, -0.15) is 0 Å². The third-order valence-electron chi connectivity index (χ3n) is 5.21. The summed E-state index contributed by atoms with van der Waals surface area (Å²) in [5.74, 6) is 2.32. The molecular formula is C21H34N4O. The van der Waals surface area contributed by atoms with Crippen LogP contribution >= 0.6 is 0 Å². The van der Waals surface area contributed by atoms with Gasteiger partial charge in [0.25, 0.3) is 0 Å². The zero-order valence-corrected chi connectivity index (χ0v) is 16.7. The van der Waals surface area contributed by atoms with Gasteiger partial charge >= 0.3 is 0 Å². The Labute approximate surface area is 158 Å². The van der Waals surface area contributed by atoms with Crippen LogP contribution in [0.25, 0.3) is 0 Å². The van der Waals surface area contributed by atoms with E-state index in [0.717, 1.165) is 38.4 Å². The van der Waals surface area contributed by atoms with E-state index in [1.165, 1.54) is 5.56 Å². The molecule has 1 fully saturated rings. The van der Waals surface area contributed by atoms with Gasteiger partial charge in [0.15, 0.2) is 5.96 Å². The molecule has 0 spiro atoms. The van der Waals surface area contributed by atoms with Crippen LogP contribution in [0.1, 0.15) is 44.6 Å². The van der Waals surface area contributed by atoms with Crippen LogP contribution in [0.4, 0.5) is 0 Å². The SMILES string of the molecule is CCNC(=NCCC(=O)N(C)C)N1CCC(c2ccccc2)C(CC)C1. The lowest BCUT2D eigenvalue weighted by atomic mass is 9.79. The Bertz CT molecular complexity index is 585. The van der Waals surface area contributed by atoms with Gasteiger partial charge in [0.05, 0.1) is 6.54 Å². The lowest BCUT2D eigenvalue weighted by molar-refractivity contribution is -0.128. The lowest BCUT2D eigenvalue weighted by Crippen LogP contribution is -2.48. The van der Waals surface area contributed by atoms with E-state index in [1.54, 1.807) is 19.0 Å². The van der Waals surface area contributed by atoms with Crippen molar-refractivity contribution in [1.29, 1.82) is 0 Å². The number of hydrogen-bond donors (Lipinski definition) is 1. The average Bonchev–Trinajstić information content (AvgIpc) is 2.67. The highest BCUT2D eigenvalue weighted by Gasteiger charge is 2.30. The first kappa shape index (κ1) is 20.3. The Morgan fingerprint density at radius 1 is 1.27 bits per heavy atom. The maximum atomic E-state index is 11.8. The number of piperidine rings is 1. The summed E-state index contributed by atoms with van der Waals surface area (Å²) >= 11 is 0. The summed E-state index contributed by atoms with van der Waals surface area (Å²) in [6.45, 7) is 7.77. The van der Waals surface area contributed by atoms with Crippen molar-refractivity contribution in [3.05, 3.63) is 35.9 Å². The molecule has 0 aliphatic carbocycles. The standard InChI is InChI=1S/C21H34N4O/c1-5-17-16-25(15-13-19(17)18-10-8-7-9-11-18)21(22-6-2)23-14-12-20(26)24(3)4/h7-11,17,19H,5-6,12-16H2,1-4H3,(H,22,23).